The van der Waals surface area contributed by atoms with Crippen LogP contribution in [0.5, 0.6) is 23.0 Å². The first-order valence-corrected chi connectivity index (χ1v) is 7.87. The van der Waals surface area contributed by atoms with Gasteiger partial charge in [-0.2, -0.15) is 0 Å². The monoisotopic (exact) mass is 344 g/mol. The van der Waals surface area contributed by atoms with E-state index in [9.17, 15) is 15.3 Å². The van der Waals surface area contributed by atoms with E-state index in [2.05, 4.69) is 0 Å². The molecule has 0 spiro atoms. The summed E-state index contributed by atoms with van der Waals surface area (Å²) < 4.78 is 11.0. The van der Waals surface area contributed by atoms with Gasteiger partial charge in [0.25, 0.3) is 0 Å². The molecule has 0 aliphatic carbocycles. The average molecular weight is 344 g/mol. The predicted molar refractivity (Wildman–Crippen MR) is 92.1 cm³/mol. The zero-order chi connectivity index (χ0) is 18.0. The van der Waals surface area contributed by atoms with E-state index in [1.165, 1.54) is 13.2 Å². The van der Waals surface area contributed by atoms with Crippen LogP contribution in [0.1, 0.15) is 28.7 Å². The molecule has 1 heterocycles. The highest BCUT2D eigenvalue weighted by molar-refractivity contribution is 5.62. The first-order chi connectivity index (χ1) is 12.1. The molecule has 2 atom stereocenters. The van der Waals surface area contributed by atoms with E-state index in [4.69, 9.17) is 14.6 Å². The van der Waals surface area contributed by atoms with Crippen LogP contribution in [0.25, 0.3) is 6.08 Å². The normalized spacial score (nSPS) is 19.0. The highest BCUT2D eigenvalue weighted by atomic mass is 16.5. The van der Waals surface area contributed by atoms with Crippen LogP contribution in [0.4, 0.5) is 0 Å². The molecule has 3 rings (SSSR count). The molecule has 0 saturated carbocycles. The molecule has 0 bridgehead atoms. The van der Waals surface area contributed by atoms with E-state index >= 15 is 0 Å². The fourth-order valence-electron chi connectivity index (χ4n) is 3.08. The van der Waals surface area contributed by atoms with Gasteiger partial charge in [0.2, 0.25) is 0 Å². The molecule has 4 N–H and O–H groups in total. The van der Waals surface area contributed by atoms with Crippen LogP contribution in [-0.2, 0) is 0 Å². The third-order valence-corrected chi connectivity index (χ3v) is 4.27. The Hall–Kier alpha value is -2.70. The van der Waals surface area contributed by atoms with Gasteiger partial charge in [0.05, 0.1) is 26.2 Å². The molecule has 25 heavy (non-hydrogen) atoms. The zero-order valence-electron chi connectivity index (χ0n) is 13.7. The van der Waals surface area contributed by atoms with Gasteiger partial charge in [0.15, 0.2) is 23.0 Å². The van der Waals surface area contributed by atoms with Gasteiger partial charge in [-0.1, -0.05) is 18.2 Å². The maximum absolute atomic E-state index is 10.3. The van der Waals surface area contributed by atoms with Gasteiger partial charge in [-0.15, -0.1) is 0 Å². The second-order valence-electron chi connectivity index (χ2n) is 5.80. The van der Waals surface area contributed by atoms with Crippen molar-refractivity contribution < 1.29 is 29.9 Å². The van der Waals surface area contributed by atoms with Crippen molar-refractivity contribution in [2.24, 2.45) is 0 Å². The Morgan fingerprint density at radius 1 is 1.12 bits per heavy atom. The minimum absolute atomic E-state index is 0.0154. The van der Waals surface area contributed by atoms with Crippen LogP contribution in [0.15, 0.2) is 36.4 Å². The maximum Gasteiger partial charge on any atom is 0.165 e. The molecule has 6 nitrogen and oxygen atoms in total. The number of aliphatic hydroxyl groups is 2. The van der Waals surface area contributed by atoms with Gasteiger partial charge in [-0.25, -0.2) is 0 Å². The number of rotatable bonds is 5. The molecule has 132 valence electrons. The van der Waals surface area contributed by atoms with Gasteiger partial charge >= 0.3 is 0 Å². The molecule has 2 aromatic carbocycles. The van der Waals surface area contributed by atoms with Crippen molar-refractivity contribution in [2.75, 3.05) is 20.3 Å². The molecule has 1 aliphatic heterocycles. The van der Waals surface area contributed by atoms with E-state index in [0.717, 1.165) is 5.56 Å². The summed E-state index contributed by atoms with van der Waals surface area (Å²) in [5.74, 6) is 0.253. The van der Waals surface area contributed by atoms with Gasteiger partial charge in [0, 0.05) is 5.56 Å². The summed E-state index contributed by atoms with van der Waals surface area (Å²) in [5, 5.41) is 38.8. The van der Waals surface area contributed by atoms with Crippen LogP contribution < -0.4 is 9.47 Å². The molecule has 2 aromatic rings. The fraction of sp³-hybridized carbons (Fsp3) is 0.263. The number of hydrogen-bond donors (Lipinski definition) is 4. The Kier molecular flexibility index (Phi) is 4.83. The lowest BCUT2D eigenvalue weighted by Gasteiger charge is -2.18. The van der Waals surface area contributed by atoms with Crippen molar-refractivity contribution in [1.82, 2.24) is 0 Å². The lowest BCUT2D eigenvalue weighted by atomic mass is 9.90. The summed E-state index contributed by atoms with van der Waals surface area (Å²) in [7, 11) is 1.46. The van der Waals surface area contributed by atoms with Gasteiger partial charge < -0.3 is 29.9 Å². The van der Waals surface area contributed by atoms with Crippen LogP contribution in [0.3, 0.4) is 0 Å². The largest absolute Gasteiger partial charge is 0.504 e. The Bertz CT molecular complexity index is 799. The van der Waals surface area contributed by atoms with Crippen molar-refractivity contribution in [3.05, 3.63) is 53.1 Å². The van der Waals surface area contributed by atoms with Crippen molar-refractivity contribution in [3.8, 4) is 23.0 Å². The summed E-state index contributed by atoms with van der Waals surface area (Å²) in [4.78, 5) is 0. The summed E-state index contributed by atoms with van der Waals surface area (Å²) in [6.07, 6.45) is 2.73. The molecule has 6 heteroatoms. The molecule has 0 unspecified atom stereocenters. The van der Waals surface area contributed by atoms with Crippen molar-refractivity contribution in [3.63, 3.8) is 0 Å². The number of phenols is 2. The van der Waals surface area contributed by atoms with Crippen molar-refractivity contribution in [2.45, 2.75) is 12.0 Å². The average Bonchev–Trinajstić information content (AvgIpc) is 2.99. The fourth-order valence-corrected chi connectivity index (χ4v) is 3.08. The molecule has 0 amide bonds. The second kappa shape index (κ2) is 7.04. The third kappa shape index (κ3) is 3.14. The minimum atomic E-state index is -0.516. The van der Waals surface area contributed by atoms with E-state index in [1.807, 2.05) is 6.07 Å². The number of benzene rings is 2. The number of phenolic OH excluding ortho intramolecular Hbond substituents is 2. The molecule has 0 aromatic heterocycles. The molecular formula is C19H20O6. The van der Waals surface area contributed by atoms with Crippen LogP contribution in [0.2, 0.25) is 0 Å². The lowest BCUT2D eigenvalue weighted by Crippen LogP contribution is -2.13. The van der Waals surface area contributed by atoms with Crippen LogP contribution in [-0.4, -0.2) is 40.7 Å². The minimum Gasteiger partial charge on any atom is -0.504 e. The Labute approximate surface area is 145 Å². The first-order valence-electron chi connectivity index (χ1n) is 7.87. The van der Waals surface area contributed by atoms with Crippen molar-refractivity contribution >= 4 is 6.08 Å². The summed E-state index contributed by atoms with van der Waals surface area (Å²) >= 11 is 0. The third-order valence-electron chi connectivity index (χ3n) is 4.27. The van der Waals surface area contributed by atoms with Crippen molar-refractivity contribution in [1.29, 1.82) is 0 Å². The number of fused-ring (bicyclic) bond motifs is 1. The number of ether oxygens (including phenoxy) is 2. The number of aromatic hydroxyl groups is 2. The van der Waals surface area contributed by atoms with Crippen LogP contribution in [0, 0.1) is 0 Å². The topological polar surface area (TPSA) is 99.4 Å². The number of hydrogen-bond acceptors (Lipinski definition) is 6. The Morgan fingerprint density at radius 2 is 1.92 bits per heavy atom. The van der Waals surface area contributed by atoms with E-state index in [1.54, 1.807) is 30.4 Å². The van der Waals surface area contributed by atoms with E-state index < -0.39 is 6.10 Å². The molecule has 0 radical (unpaired) electrons. The predicted octanol–water partition coefficient (Wildman–Crippen LogP) is 2.32. The summed E-state index contributed by atoms with van der Waals surface area (Å²) in [6, 6.07) is 8.21. The SMILES string of the molecule is COc1cc([C@@H]2Oc3c(O)cc(C=CCO)cc3[C@H]2CO)ccc1O. The second-order valence-corrected chi connectivity index (χ2v) is 5.80. The Balaban J connectivity index is 2.01. The number of aliphatic hydroxyl groups excluding tert-OH is 2. The molecule has 0 fully saturated rings. The first kappa shape index (κ1) is 17.1. The standard InChI is InChI=1S/C19H20O6/c1-24-17-9-12(4-5-15(17)22)18-14(10-21)13-7-11(3-2-6-20)8-16(23)19(13)25-18/h2-5,7-9,14,18,20-23H,6,10H2,1H3/t14-,18+/m1/s1. The smallest absolute Gasteiger partial charge is 0.165 e. The molecular weight excluding hydrogens is 324 g/mol. The van der Waals surface area contributed by atoms with Crippen LogP contribution >= 0.6 is 0 Å². The summed E-state index contributed by atoms with van der Waals surface area (Å²) in [5.41, 5.74) is 2.12. The Morgan fingerprint density at radius 3 is 2.60 bits per heavy atom. The highest BCUT2D eigenvalue weighted by Gasteiger charge is 2.37. The van der Waals surface area contributed by atoms with E-state index in [-0.39, 0.29) is 30.6 Å². The molecule has 0 saturated heterocycles. The van der Waals surface area contributed by atoms with Gasteiger partial charge in [-0.05, 0) is 35.4 Å². The zero-order valence-corrected chi connectivity index (χ0v) is 13.7. The van der Waals surface area contributed by atoms with Gasteiger partial charge in [-0.3, -0.25) is 0 Å². The van der Waals surface area contributed by atoms with E-state index in [0.29, 0.717) is 22.6 Å². The maximum atomic E-state index is 10.3. The summed E-state index contributed by atoms with van der Waals surface area (Å²) in [6.45, 7) is -0.277. The highest BCUT2D eigenvalue weighted by Crippen LogP contribution is 2.51. The molecule has 1 aliphatic rings. The quantitative estimate of drug-likeness (QED) is 0.664. The van der Waals surface area contributed by atoms with Gasteiger partial charge in [0.1, 0.15) is 6.10 Å². The lowest BCUT2D eigenvalue weighted by molar-refractivity contribution is 0.157. The number of methoxy groups -OCH3 is 1.